The van der Waals surface area contributed by atoms with Crippen molar-refractivity contribution in [2.24, 2.45) is 0 Å². The van der Waals surface area contributed by atoms with Crippen molar-refractivity contribution in [1.29, 1.82) is 0 Å². The molecule has 82 valence electrons. The largest absolute Gasteiger partial charge is 0.478 e. The van der Waals surface area contributed by atoms with Gasteiger partial charge in [-0.05, 0) is 24.1 Å². The molecule has 0 unspecified atom stereocenters. The predicted molar refractivity (Wildman–Crippen MR) is 47.8 cm³/mol. The van der Waals surface area contributed by atoms with Gasteiger partial charge in [-0.2, -0.15) is 13.2 Å². The van der Waals surface area contributed by atoms with E-state index in [4.69, 9.17) is 5.11 Å². The second-order valence-electron chi connectivity index (χ2n) is 3.04. The zero-order valence-corrected chi connectivity index (χ0v) is 7.93. The van der Waals surface area contributed by atoms with Gasteiger partial charge in [0.05, 0.1) is 11.1 Å². The van der Waals surface area contributed by atoms with Crippen molar-refractivity contribution in [2.45, 2.75) is 19.5 Å². The summed E-state index contributed by atoms with van der Waals surface area (Å²) >= 11 is 0. The summed E-state index contributed by atoms with van der Waals surface area (Å²) in [6, 6.07) is 3.16. The minimum Gasteiger partial charge on any atom is -0.478 e. The van der Waals surface area contributed by atoms with Gasteiger partial charge in [0.25, 0.3) is 0 Å². The second kappa shape index (κ2) is 3.92. The molecule has 0 aromatic heterocycles. The summed E-state index contributed by atoms with van der Waals surface area (Å²) in [6.07, 6.45) is -4.13. The van der Waals surface area contributed by atoms with Crippen molar-refractivity contribution < 1.29 is 23.1 Å². The lowest BCUT2D eigenvalue weighted by Gasteiger charge is -2.10. The molecule has 0 aliphatic heterocycles. The molecule has 0 saturated carbocycles. The Bertz CT molecular complexity index is 383. The average Bonchev–Trinajstić information content (AvgIpc) is 2.15. The van der Waals surface area contributed by atoms with E-state index in [0.717, 1.165) is 12.1 Å². The third kappa shape index (κ3) is 2.49. The summed E-state index contributed by atoms with van der Waals surface area (Å²) in [7, 11) is 0. The Hall–Kier alpha value is -1.52. The molecule has 1 N–H and O–H groups in total. The lowest BCUT2D eigenvalue weighted by Crippen LogP contribution is -2.13. The Kier molecular flexibility index (Phi) is 3.02. The monoisotopic (exact) mass is 218 g/mol. The molecule has 0 aliphatic carbocycles. The van der Waals surface area contributed by atoms with E-state index < -0.39 is 23.3 Å². The van der Waals surface area contributed by atoms with Gasteiger partial charge < -0.3 is 5.11 Å². The molecule has 1 rings (SSSR count). The van der Waals surface area contributed by atoms with Crippen LogP contribution < -0.4 is 0 Å². The highest BCUT2D eigenvalue weighted by Gasteiger charge is 2.35. The highest BCUT2D eigenvalue weighted by molar-refractivity contribution is 5.89. The molecule has 5 heteroatoms. The van der Waals surface area contributed by atoms with Crippen molar-refractivity contribution in [3.8, 4) is 0 Å². The van der Waals surface area contributed by atoms with Gasteiger partial charge in [-0.15, -0.1) is 0 Å². The number of carbonyl (C=O) groups is 1. The summed E-state index contributed by atoms with van der Waals surface area (Å²) in [5.41, 5.74) is -1.23. The maximum Gasteiger partial charge on any atom is 0.417 e. The second-order valence-corrected chi connectivity index (χ2v) is 3.04. The summed E-state index contributed by atoms with van der Waals surface area (Å²) in [6.45, 7) is 1.74. The van der Waals surface area contributed by atoms with E-state index in [-0.39, 0.29) is 0 Å². The number of alkyl halides is 3. The van der Waals surface area contributed by atoms with Crippen LogP contribution in [0.3, 0.4) is 0 Å². The molecule has 0 amide bonds. The molecular weight excluding hydrogens is 209 g/mol. The number of hydrogen-bond donors (Lipinski definition) is 1. The Balaban J connectivity index is 3.34. The number of aromatic carboxylic acids is 1. The zero-order chi connectivity index (χ0) is 11.6. The number of benzene rings is 1. The van der Waals surface area contributed by atoms with Crippen LogP contribution in [0.5, 0.6) is 0 Å². The number of carboxylic acid groups (broad SMARTS) is 1. The van der Waals surface area contributed by atoms with Gasteiger partial charge in [-0.25, -0.2) is 4.79 Å². The van der Waals surface area contributed by atoms with Crippen molar-refractivity contribution in [1.82, 2.24) is 0 Å². The van der Waals surface area contributed by atoms with Gasteiger partial charge in [0, 0.05) is 0 Å². The van der Waals surface area contributed by atoms with Gasteiger partial charge in [0.1, 0.15) is 0 Å². The summed E-state index contributed by atoms with van der Waals surface area (Å²) in [4.78, 5) is 10.6. The van der Waals surface area contributed by atoms with E-state index >= 15 is 0 Å². The lowest BCUT2D eigenvalue weighted by molar-refractivity contribution is -0.138. The van der Waals surface area contributed by atoms with Crippen LogP contribution in [-0.4, -0.2) is 11.1 Å². The summed E-state index contributed by atoms with van der Waals surface area (Å²) < 4.78 is 37.1. The van der Waals surface area contributed by atoms with Crippen molar-refractivity contribution >= 4 is 5.97 Å². The Morgan fingerprint density at radius 1 is 1.40 bits per heavy atom. The first kappa shape index (κ1) is 11.6. The predicted octanol–water partition coefficient (Wildman–Crippen LogP) is 2.97. The average molecular weight is 218 g/mol. The first-order valence-electron chi connectivity index (χ1n) is 4.29. The number of carboxylic acids is 1. The molecule has 2 nitrogen and oxygen atoms in total. The molecular formula is C10H9F3O2. The highest BCUT2D eigenvalue weighted by Crippen LogP contribution is 2.32. The molecule has 0 aliphatic rings. The van der Waals surface area contributed by atoms with E-state index in [1.807, 2.05) is 0 Å². The van der Waals surface area contributed by atoms with Gasteiger partial charge >= 0.3 is 12.1 Å². The first-order valence-corrected chi connectivity index (χ1v) is 4.29. The molecule has 15 heavy (non-hydrogen) atoms. The number of aryl methyl sites for hydroxylation is 1. The lowest BCUT2D eigenvalue weighted by atomic mass is 10.0. The van der Waals surface area contributed by atoms with Crippen molar-refractivity contribution in [3.05, 3.63) is 34.9 Å². The maximum absolute atomic E-state index is 12.4. The number of hydrogen-bond acceptors (Lipinski definition) is 1. The standard InChI is InChI=1S/C10H9F3O2/c1-2-6-3-4-8(10(11,12)13)7(5-6)9(14)15/h3-5H,2H2,1H3,(H,14,15). The highest BCUT2D eigenvalue weighted by atomic mass is 19.4. The fourth-order valence-corrected chi connectivity index (χ4v) is 1.24. The van der Waals surface area contributed by atoms with Crippen molar-refractivity contribution in [3.63, 3.8) is 0 Å². The molecule has 0 radical (unpaired) electrons. The maximum atomic E-state index is 12.4. The van der Waals surface area contributed by atoms with Crippen LogP contribution in [0.15, 0.2) is 18.2 Å². The molecule has 0 atom stereocenters. The molecule has 1 aromatic carbocycles. The summed E-state index contributed by atoms with van der Waals surface area (Å²) in [5, 5.41) is 8.65. The van der Waals surface area contributed by atoms with Crippen molar-refractivity contribution in [2.75, 3.05) is 0 Å². The van der Waals surface area contributed by atoms with E-state index in [1.165, 1.54) is 6.07 Å². The molecule has 0 heterocycles. The molecule has 1 aromatic rings. The minimum absolute atomic E-state index is 0.498. The molecule has 0 bridgehead atoms. The Morgan fingerprint density at radius 2 is 2.00 bits per heavy atom. The Labute approximate surface area is 84.3 Å². The number of rotatable bonds is 2. The van der Waals surface area contributed by atoms with Crippen LogP contribution in [-0.2, 0) is 12.6 Å². The zero-order valence-electron chi connectivity index (χ0n) is 7.93. The van der Waals surface area contributed by atoms with Gasteiger partial charge in [-0.1, -0.05) is 13.0 Å². The Morgan fingerprint density at radius 3 is 2.40 bits per heavy atom. The van der Waals surface area contributed by atoms with Crippen LogP contribution in [0, 0.1) is 0 Å². The number of halogens is 3. The topological polar surface area (TPSA) is 37.3 Å². The molecule has 0 fully saturated rings. The third-order valence-corrected chi connectivity index (χ3v) is 2.03. The normalized spacial score (nSPS) is 11.5. The quantitative estimate of drug-likeness (QED) is 0.828. The SMILES string of the molecule is CCc1ccc(C(F)(F)F)c(C(=O)O)c1. The van der Waals surface area contributed by atoms with Gasteiger partial charge in [-0.3, -0.25) is 0 Å². The smallest absolute Gasteiger partial charge is 0.417 e. The van der Waals surface area contributed by atoms with E-state index in [0.29, 0.717) is 12.0 Å². The first-order chi connectivity index (χ1) is 6.86. The minimum atomic E-state index is -4.63. The van der Waals surface area contributed by atoms with E-state index in [1.54, 1.807) is 6.92 Å². The van der Waals surface area contributed by atoms with Gasteiger partial charge in [0.2, 0.25) is 0 Å². The molecule has 0 saturated heterocycles. The van der Waals surface area contributed by atoms with E-state index in [9.17, 15) is 18.0 Å². The van der Waals surface area contributed by atoms with Gasteiger partial charge in [0.15, 0.2) is 0 Å². The van der Waals surface area contributed by atoms with Crippen LogP contribution in [0.25, 0.3) is 0 Å². The third-order valence-electron chi connectivity index (χ3n) is 2.03. The fourth-order valence-electron chi connectivity index (χ4n) is 1.24. The molecule has 0 spiro atoms. The van der Waals surface area contributed by atoms with E-state index in [2.05, 4.69) is 0 Å². The van der Waals surface area contributed by atoms with Crippen LogP contribution in [0.4, 0.5) is 13.2 Å². The van der Waals surface area contributed by atoms with Crippen LogP contribution in [0.1, 0.15) is 28.4 Å². The summed E-state index contributed by atoms with van der Waals surface area (Å²) in [5.74, 6) is -1.56. The fraction of sp³-hybridized carbons (Fsp3) is 0.300. The van der Waals surface area contributed by atoms with Crippen LogP contribution in [0.2, 0.25) is 0 Å². The van der Waals surface area contributed by atoms with Crippen LogP contribution >= 0.6 is 0 Å².